The van der Waals surface area contributed by atoms with Crippen LogP contribution in [0.5, 0.6) is 0 Å². The molecule has 2 aromatic rings. The largest absolute Gasteiger partial charge is 0.356 e. The fraction of sp³-hybridized carbons (Fsp3) is 0.222. The highest BCUT2D eigenvalue weighted by molar-refractivity contribution is 9.10. The van der Waals surface area contributed by atoms with E-state index in [9.17, 15) is 0 Å². The summed E-state index contributed by atoms with van der Waals surface area (Å²) in [7, 11) is 0. The Morgan fingerprint density at radius 1 is 1.50 bits per heavy atom. The lowest BCUT2D eigenvalue weighted by Gasteiger charge is -1.97. The number of fused-ring (bicyclic) bond motifs is 1. The number of nitrogens with zero attached hydrogens (tertiary/aromatic N) is 1. The van der Waals surface area contributed by atoms with Gasteiger partial charge in [0.1, 0.15) is 0 Å². The summed E-state index contributed by atoms with van der Waals surface area (Å²) in [6.45, 7) is 2.10. The van der Waals surface area contributed by atoms with E-state index in [-0.39, 0.29) is 0 Å². The molecule has 0 aliphatic heterocycles. The van der Waals surface area contributed by atoms with E-state index in [1.807, 2.05) is 6.07 Å². The predicted molar refractivity (Wildman–Crippen MR) is 51.1 cm³/mol. The van der Waals surface area contributed by atoms with Gasteiger partial charge >= 0.3 is 0 Å². The van der Waals surface area contributed by atoms with Crippen molar-refractivity contribution in [1.29, 1.82) is 0 Å². The molecule has 0 aliphatic rings. The SMILES string of the molecule is CCc1cc(Br)cc2cnoc12. The maximum Gasteiger partial charge on any atom is 0.170 e. The highest BCUT2D eigenvalue weighted by Gasteiger charge is 2.04. The van der Waals surface area contributed by atoms with Crippen molar-refractivity contribution in [2.24, 2.45) is 0 Å². The lowest BCUT2D eigenvalue weighted by Crippen LogP contribution is -1.80. The lowest BCUT2D eigenvalue weighted by molar-refractivity contribution is 0.454. The van der Waals surface area contributed by atoms with Crippen LogP contribution in [0.2, 0.25) is 0 Å². The van der Waals surface area contributed by atoms with Crippen LogP contribution in [0.15, 0.2) is 27.3 Å². The van der Waals surface area contributed by atoms with Crippen LogP contribution in [-0.4, -0.2) is 5.16 Å². The summed E-state index contributed by atoms with van der Waals surface area (Å²) < 4.78 is 6.20. The highest BCUT2D eigenvalue weighted by atomic mass is 79.9. The second kappa shape index (κ2) is 2.90. The molecule has 0 bridgehead atoms. The van der Waals surface area contributed by atoms with Gasteiger partial charge in [0.15, 0.2) is 5.58 Å². The Balaban J connectivity index is 2.80. The van der Waals surface area contributed by atoms with E-state index in [2.05, 4.69) is 34.1 Å². The minimum Gasteiger partial charge on any atom is -0.356 e. The number of aromatic nitrogens is 1. The number of benzene rings is 1. The van der Waals surface area contributed by atoms with E-state index >= 15 is 0 Å². The molecule has 62 valence electrons. The quantitative estimate of drug-likeness (QED) is 0.746. The molecule has 0 radical (unpaired) electrons. The molecule has 2 nitrogen and oxygen atoms in total. The van der Waals surface area contributed by atoms with Gasteiger partial charge in [-0.2, -0.15) is 0 Å². The van der Waals surface area contributed by atoms with E-state index in [1.54, 1.807) is 6.20 Å². The van der Waals surface area contributed by atoms with E-state index < -0.39 is 0 Å². The van der Waals surface area contributed by atoms with Gasteiger partial charge in [-0.1, -0.05) is 28.0 Å². The number of hydrogen-bond donors (Lipinski definition) is 0. The van der Waals surface area contributed by atoms with Crippen molar-refractivity contribution < 1.29 is 4.52 Å². The van der Waals surface area contributed by atoms with Crippen molar-refractivity contribution in [3.05, 3.63) is 28.4 Å². The standard InChI is InChI=1S/C9H8BrNO/c1-2-6-3-8(10)4-7-5-11-12-9(6)7/h3-5H,2H2,1H3. The average molecular weight is 226 g/mol. The minimum absolute atomic E-state index is 0.903. The number of rotatable bonds is 1. The summed E-state index contributed by atoms with van der Waals surface area (Å²) in [5.74, 6) is 0. The zero-order valence-corrected chi connectivity index (χ0v) is 8.26. The molecule has 3 heteroatoms. The van der Waals surface area contributed by atoms with Gasteiger partial charge < -0.3 is 4.52 Å². The van der Waals surface area contributed by atoms with Crippen molar-refractivity contribution in [1.82, 2.24) is 5.16 Å². The van der Waals surface area contributed by atoms with Gasteiger partial charge in [0.05, 0.1) is 6.20 Å². The Hall–Kier alpha value is -0.830. The maximum atomic E-state index is 5.12. The molecule has 1 heterocycles. The Labute approximate surface area is 78.7 Å². The summed E-state index contributed by atoms with van der Waals surface area (Å²) in [6.07, 6.45) is 2.70. The molecule has 0 atom stereocenters. The first-order valence-corrected chi connectivity index (χ1v) is 4.63. The minimum atomic E-state index is 0.903. The molecule has 0 unspecified atom stereocenters. The van der Waals surface area contributed by atoms with Crippen molar-refractivity contribution in [3.8, 4) is 0 Å². The normalized spacial score (nSPS) is 10.8. The van der Waals surface area contributed by atoms with E-state index in [0.29, 0.717) is 0 Å². The first-order valence-electron chi connectivity index (χ1n) is 3.84. The average Bonchev–Trinajstić information content (AvgIpc) is 2.50. The van der Waals surface area contributed by atoms with E-state index in [1.165, 1.54) is 5.56 Å². The molecule has 0 N–H and O–H groups in total. The maximum absolute atomic E-state index is 5.12. The third-order valence-corrected chi connectivity index (χ3v) is 2.33. The monoisotopic (exact) mass is 225 g/mol. The summed E-state index contributed by atoms with van der Waals surface area (Å²) in [5.41, 5.74) is 2.09. The number of aryl methyl sites for hydroxylation is 1. The first kappa shape index (κ1) is 7.80. The molecule has 0 amide bonds. The summed E-state index contributed by atoms with van der Waals surface area (Å²) in [4.78, 5) is 0. The van der Waals surface area contributed by atoms with Crippen molar-refractivity contribution in [2.75, 3.05) is 0 Å². The molecular formula is C9H8BrNO. The van der Waals surface area contributed by atoms with Gasteiger partial charge in [-0.05, 0) is 24.1 Å². The zero-order chi connectivity index (χ0) is 8.55. The third kappa shape index (κ3) is 1.14. The van der Waals surface area contributed by atoms with E-state index in [0.717, 1.165) is 21.9 Å². The first-order chi connectivity index (χ1) is 5.81. The van der Waals surface area contributed by atoms with Crippen LogP contribution in [0.1, 0.15) is 12.5 Å². The molecule has 0 fully saturated rings. The van der Waals surface area contributed by atoms with Crippen molar-refractivity contribution in [2.45, 2.75) is 13.3 Å². The Bertz CT molecular complexity index is 408. The predicted octanol–water partition coefficient (Wildman–Crippen LogP) is 3.15. The Morgan fingerprint density at radius 2 is 2.33 bits per heavy atom. The van der Waals surface area contributed by atoms with Crippen LogP contribution in [-0.2, 0) is 6.42 Å². The lowest BCUT2D eigenvalue weighted by atomic mass is 10.1. The van der Waals surface area contributed by atoms with Crippen LogP contribution >= 0.6 is 15.9 Å². The molecule has 1 aromatic carbocycles. The molecular weight excluding hydrogens is 218 g/mol. The second-order valence-electron chi connectivity index (χ2n) is 2.66. The fourth-order valence-electron chi connectivity index (χ4n) is 1.28. The number of halogens is 1. The molecule has 0 aliphatic carbocycles. The molecule has 0 saturated carbocycles. The van der Waals surface area contributed by atoms with Gasteiger partial charge in [-0.25, -0.2) is 0 Å². The topological polar surface area (TPSA) is 26.0 Å². The van der Waals surface area contributed by atoms with Crippen molar-refractivity contribution >= 4 is 26.9 Å². The van der Waals surface area contributed by atoms with E-state index in [4.69, 9.17) is 4.52 Å². The van der Waals surface area contributed by atoms with Gasteiger partial charge in [0, 0.05) is 9.86 Å². The zero-order valence-electron chi connectivity index (χ0n) is 6.67. The summed E-state index contributed by atoms with van der Waals surface area (Å²) in [5, 5.41) is 4.81. The third-order valence-electron chi connectivity index (χ3n) is 1.88. The Morgan fingerprint density at radius 3 is 3.08 bits per heavy atom. The molecule has 0 saturated heterocycles. The number of hydrogen-bond acceptors (Lipinski definition) is 2. The van der Waals surface area contributed by atoms with Crippen LogP contribution in [0, 0.1) is 0 Å². The summed E-state index contributed by atoms with van der Waals surface area (Å²) >= 11 is 3.44. The fourth-order valence-corrected chi connectivity index (χ4v) is 1.80. The summed E-state index contributed by atoms with van der Waals surface area (Å²) in [6, 6.07) is 4.07. The van der Waals surface area contributed by atoms with Crippen molar-refractivity contribution in [3.63, 3.8) is 0 Å². The Kier molecular flexibility index (Phi) is 1.89. The van der Waals surface area contributed by atoms with Crippen LogP contribution in [0.3, 0.4) is 0 Å². The van der Waals surface area contributed by atoms with Crippen LogP contribution in [0.4, 0.5) is 0 Å². The molecule has 2 rings (SSSR count). The molecule has 0 spiro atoms. The second-order valence-corrected chi connectivity index (χ2v) is 3.58. The van der Waals surface area contributed by atoms with Gasteiger partial charge in [0.2, 0.25) is 0 Å². The van der Waals surface area contributed by atoms with Gasteiger partial charge in [-0.3, -0.25) is 0 Å². The van der Waals surface area contributed by atoms with Gasteiger partial charge in [-0.15, -0.1) is 0 Å². The van der Waals surface area contributed by atoms with Gasteiger partial charge in [0.25, 0.3) is 0 Å². The van der Waals surface area contributed by atoms with Crippen LogP contribution in [0.25, 0.3) is 11.0 Å². The highest BCUT2D eigenvalue weighted by Crippen LogP contribution is 2.24. The molecule has 1 aromatic heterocycles. The molecule has 12 heavy (non-hydrogen) atoms. The van der Waals surface area contributed by atoms with Crippen LogP contribution < -0.4 is 0 Å². The smallest absolute Gasteiger partial charge is 0.170 e.